The first kappa shape index (κ1) is 8.66. The number of hydrogen-bond acceptors (Lipinski definition) is 1. The Bertz CT molecular complexity index is 480. The molecule has 0 amide bonds. The monoisotopic (exact) mass is 185 g/mol. The molecule has 2 rings (SSSR count). The van der Waals surface area contributed by atoms with Crippen molar-refractivity contribution in [3.05, 3.63) is 47.0 Å². The van der Waals surface area contributed by atoms with Gasteiger partial charge in [-0.05, 0) is 29.8 Å². The molecule has 1 aromatic heterocycles. The highest BCUT2D eigenvalue weighted by Crippen LogP contribution is 2.14. The van der Waals surface area contributed by atoms with Gasteiger partial charge in [-0.1, -0.05) is 11.2 Å². The van der Waals surface area contributed by atoms with Crippen molar-refractivity contribution in [2.24, 2.45) is 5.11 Å². The lowest BCUT2D eigenvalue weighted by atomic mass is 10.2. The fourth-order valence-corrected chi connectivity index (χ4v) is 1.47. The van der Waals surface area contributed by atoms with E-state index in [0.717, 1.165) is 17.4 Å². The van der Waals surface area contributed by atoms with Crippen LogP contribution < -0.4 is 0 Å². The molecular weight excluding hydrogens is 176 g/mol. The number of benzene rings is 1. The van der Waals surface area contributed by atoms with Crippen LogP contribution in [0.2, 0.25) is 0 Å². The fraction of sp³-hybridized carbons (Fsp3) is 0.200. The summed E-state index contributed by atoms with van der Waals surface area (Å²) in [7, 11) is 0. The molecule has 4 nitrogen and oxygen atoms in total. The Labute approximate surface area is 81.4 Å². The van der Waals surface area contributed by atoms with Crippen molar-refractivity contribution in [3.63, 3.8) is 0 Å². The molecule has 0 aliphatic carbocycles. The van der Waals surface area contributed by atoms with E-state index in [-0.39, 0.29) is 0 Å². The van der Waals surface area contributed by atoms with Gasteiger partial charge in [-0.25, -0.2) is 0 Å². The zero-order valence-electron chi connectivity index (χ0n) is 7.59. The minimum atomic E-state index is 0.485. The van der Waals surface area contributed by atoms with Crippen molar-refractivity contribution in [1.29, 1.82) is 0 Å². The Morgan fingerprint density at radius 3 is 3.29 bits per heavy atom. The highest BCUT2D eigenvalue weighted by Gasteiger charge is 1.97. The van der Waals surface area contributed by atoms with Gasteiger partial charge in [0, 0.05) is 35.1 Å². The second-order valence-corrected chi connectivity index (χ2v) is 2.95. The molecule has 1 aromatic carbocycles. The molecule has 1 heterocycles. The fourth-order valence-electron chi connectivity index (χ4n) is 1.47. The summed E-state index contributed by atoms with van der Waals surface area (Å²) in [6.07, 6.45) is 1.99. The quantitative estimate of drug-likeness (QED) is 0.401. The highest BCUT2D eigenvalue weighted by molar-refractivity contribution is 5.79. The van der Waals surface area contributed by atoms with Crippen LogP contribution in [0.15, 0.2) is 35.6 Å². The van der Waals surface area contributed by atoms with Gasteiger partial charge in [0.25, 0.3) is 0 Å². The summed E-state index contributed by atoms with van der Waals surface area (Å²) >= 11 is 0. The Balaban J connectivity index is 2.29. The van der Waals surface area contributed by atoms with Gasteiger partial charge in [0.15, 0.2) is 0 Å². The van der Waals surface area contributed by atoms with Crippen LogP contribution in [-0.2, 0) is 6.54 Å². The zero-order valence-corrected chi connectivity index (χ0v) is 7.59. The van der Waals surface area contributed by atoms with Crippen LogP contribution in [0.1, 0.15) is 0 Å². The van der Waals surface area contributed by atoms with Gasteiger partial charge < -0.3 is 4.57 Å². The molecule has 0 fully saturated rings. The molecular formula is C10H9N4. The standard InChI is InChI=1S/C10H9N4/c11-13-12-6-8-14-7-5-9-3-1-2-4-10(9)14/h2-5,7H,6,8H2. The second-order valence-electron chi connectivity index (χ2n) is 2.95. The highest BCUT2D eigenvalue weighted by atomic mass is 15.1. The number of hydrogen-bond donors (Lipinski definition) is 0. The van der Waals surface area contributed by atoms with Crippen molar-refractivity contribution in [2.75, 3.05) is 6.54 Å². The van der Waals surface area contributed by atoms with Gasteiger partial charge in [0.2, 0.25) is 0 Å². The first-order chi connectivity index (χ1) is 6.92. The molecule has 2 aromatic rings. The van der Waals surface area contributed by atoms with Crippen molar-refractivity contribution < 1.29 is 0 Å². The summed E-state index contributed by atoms with van der Waals surface area (Å²) < 4.78 is 2.07. The summed E-state index contributed by atoms with van der Waals surface area (Å²) in [5.41, 5.74) is 9.30. The average molecular weight is 185 g/mol. The van der Waals surface area contributed by atoms with E-state index >= 15 is 0 Å². The van der Waals surface area contributed by atoms with Crippen LogP contribution in [-0.4, -0.2) is 11.1 Å². The minimum absolute atomic E-state index is 0.485. The molecule has 0 spiro atoms. The topological polar surface area (TPSA) is 53.7 Å². The average Bonchev–Trinajstić information content (AvgIpc) is 2.63. The normalized spacial score (nSPS) is 10.0. The third-order valence-corrected chi connectivity index (χ3v) is 2.12. The van der Waals surface area contributed by atoms with E-state index in [2.05, 4.69) is 20.7 Å². The molecule has 0 aliphatic rings. The Morgan fingerprint density at radius 1 is 1.50 bits per heavy atom. The van der Waals surface area contributed by atoms with Gasteiger partial charge in [0.1, 0.15) is 0 Å². The molecule has 0 unspecified atom stereocenters. The smallest absolute Gasteiger partial charge is 0.0480 e. The molecule has 0 aliphatic heterocycles. The van der Waals surface area contributed by atoms with Crippen LogP contribution >= 0.6 is 0 Å². The van der Waals surface area contributed by atoms with E-state index in [1.54, 1.807) is 0 Å². The first-order valence-corrected chi connectivity index (χ1v) is 4.37. The third kappa shape index (κ3) is 1.56. The summed E-state index contributed by atoms with van der Waals surface area (Å²) in [6.45, 7) is 1.20. The van der Waals surface area contributed by atoms with Crippen molar-refractivity contribution >= 4 is 10.9 Å². The second kappa shape index (κ2) is 3.85. The lowest BCUT2D eigenvalue weighted by molar-refractivity contribution is 0.732. The molecule has 0 saturated heterocycles. The molecule has 14 heavy (non-hydrogen) atoms. The summed E-state index contributed by atoms with van der Waals surface area (Å²) in [6, 6.07) is 10.9. The maximum atomic E-state index is 8.15. The van der Waals surface area contributed by atoms with Gasteiger partial charge in [-0.3, -0.25) is 0 Å². The summed E-state index contributed by atoms with van der Waals surface area (Å²) in [5, 5.41) is 4.67. The maximum Gasteiger partial charge on any atom is 0.0480 e. The summed E-state index contributed by atoms with van der Waals surface area (Å²) in [5.74, 6) is 0. The lowest BCUT2D eigenvalue weighted by Gasteiger charge is -2.01. The molecule has 69 valence electrons. The molecule has 4 heteroatoms. The lowest BCUT2D eigenvalue weighted by Crippen LogP contribution is -1.98. The predicted molar refractivity (Wildman–Crippen MR) is 54.8 cm³/mol. The number of nitrogens with zero attached hydrogens (tertiary/aromatic N) is 4. The third-order valence-electron chi connectivity index (χ3n) is 2.12. The van der Waals surface area contributed by atoms with Crippen LogP contribution in [0.4, 0.5) is 0 Å². The molecule has 0 atom stereocenters. The van der Waals surface area contributed by atoms with Crippen molar-refractivity contribution in [1.82, 2.24) is 4.57 Å². The molecule has 0 saturated carbocycles. The van der Waals surface area contributed by atoms with E-state index in [1.165, 1.54) is 0 Å². The van der Waals surface area contributed by atoms with Crippen LogP contribution in [0.3, 0.4) is 0 Å². The Hall–Kier alpha value is -1.93. The summed E-state index contributed by atoms with van der Waals surface area (Å²) in [4.78, 5) is 2.72. The van der Waals surface area contributed by atoms with Crippen LogP contribution in [0, 0.1) is 6.07 Å². The SMILES string of the molecule is [N-]=[N+]=NCCn1ccc2c[c]ccc21. The number of rotatable bonds is 3. The van der Waals surface area contributed by atoms with Crippen molar-refractivity contribution in [2.45, 2.75) is 6.54 Å². The molecule has 0 bridgehead atoms. The zero-order chi connectivity index (χ0) is 9.80. The van der Waals surface area contributed by atoms with Crippen molar-refractivity contribution in [3.8, 4) is 0 Å². The van der Waals surface area contributed by atoms with E-state index < -0.39 is 0 Å². The van der Waals surface area contributed by atoms with Crippen LogP contribution in [0.25, 0.3) is 21.3 Å². The van der Waals surface area contributed by atoms with E-state index in [0.29, 0.717) is 6.54 Å². The van der Waals surface area contributed by atoms with Gasteiger partial charge in [-0.2, -0.15) is 0 Å². The largest absolute Gasteiger partial charge is 0.347 e. The Morgan fingerprint density at radius 2 is 2.43 bits per heavy atom. The predicted octanol–water partition coefficient (Wildman–Crippen LogP) is 2.75. The van der Waals surface area contributed by atoms with E-state index in [9.17, 15) is 0 Å². The van der Waals surface area contributed by atoms with E-state index in [1.807, 2.05) is 30.5 Å². The van der Waals surface area contributed by atoms with Gasteiger partial charge in [0.05, 0.1) is 0 Å². The maximum absolute atomic E-state index is 8.15. The van der Waals surface area contributed by atoms with Crippen LogP contribution in [0.5, 0.6) is 0 Å². The minimum Gasteiger partial charge on any atom is -0.347 e. The number of azide groups is 1. The van der Waals surface area contributed by atoms with Gasteiger partial charge in [-0.15, -0.1) is 0 Å². The molecule has 0 N–H and O–H groups in total. The van der Waals surface area contributed by atoms with Gasteiger partial charge >= 0.3 is 0 Å². The number of aromatic nitrogens is 1. The molecule has 1 radical (unpaired) electrons. The van der Waals surface area contributed by atoms with E-state index in [4.69, 9.17) is 5.53 Å². The number of fused-ring (bicyclic) bond motifs is 1. The Kier molecular flexibility index (Phi) is 2.38. The first-order valence-electron chi connectivity index (χ1n) is 4.37.